The lowest BCUT2D eigenvalue weighted by Gasteiger charge is -2.25. The van der Waals surface area contributed by atoms with Crippen molar-refractivity contribution in [3.05, 3.63) is 21.9 Å². The maximum atomic E-state index is 3.45. The van der Waals surface area contributed by atoms with Gasteiger partial charge in [0.25, 0.3) is 0 Å². The van der Waals surface area contributed by atoms with Gasteiger partial charge in [0, 0.05) is 6.04 Å². The Morgan fingerprint density at radius 3 is 2.29 bits per heavy atom. The Bertz CT molecular complexity index is 263. The highest BCUT2D eigenvalue weighted by molar-refractivity contribution is 7.08. The van der Waals surface area contributed by atoms with Crippen LogP contribution in [0.2, 0.25) is 0 Å². The summed E-state index contributed by atoms with van der Waals surface area (Å²) in [6, 6.07) is 0.538. The minimum atomic E-state index is 0.538. The van der Waals surface area contributed by atoms with E-state index in [1.54, 1.807) is 0 Å². The molecule has 0 amide bonds. The monoisotopic (exact) mass is 211 g/mol. The van der Waals surface area contributed by atoms with Crippen molar-refractivity contribution in [1.29, 1.82) is 0 Å². The van der Waals surface area contributed by atoms with Crippen LogP contribution in [0.15, 0.2) is 10.8 Å². The van der Waals surface area contributed by atoms with E-state index in [4.69, 9.17) is 0 Å². The van der Waals surface area contributed by atoms with Gasteiger partial charge in [-0.1, -0.05) is 26.7 Å². The van der Waals surface area contributed by atoms with E-state index in [9.17, 15) is 0 Å². The van der Waals surface area contributed by atoms with Gasteiger partial charge in [0.1, 0.15) is 0 Å². The van der Waals surface area contributed by atoms with Gasteiger partial charge in [0.2, 0.25) is 0 Å². The molecule has 1 atom stereocenters. The largest absolute Gasteiger partial charge is 0.313 e. The van der Waals surface area contributed by atoms with Gasteiger partial charge in [0.15, 0.2) is 0 Å². The van der Waals surface area contributed by atoms with Crippen LogP contribution >= 0.6 is 11.3 Å². The maximum absolute atomic E-state index is 3.45. The maximum Gasteiger partial charge on any atom is 0.0356 e. The molecule has 0 radical (unpaired) electrons. The van der Waals surface area contributed by atoms with E-state index in [2.05, 4.69) is 43.9 Å². The summed E-state index contributed by atoms with van der Waals surface area (Å²) in [5.41, 5.74) is 2.92. The number of nitrogens with one attached hydrogen (secondary N) is 1. The second-order valence-corrected chi connectivity index (χ2v) is 4.60. The fraction of sp³-hybridized carbons (Fsp3) is 0.667. The van der Waals surface area contributed by atoms with E-state index >= 15 is 0 Å². The quantitative estimate of drug-likeness (QED) is 0.782. The Morgan fingerprint density at radius 1 is 1.29 bits per heavy atom. The second-order valence-electron chi connectivity index (χ2n) is 3.85. The van der Waals surface area contributed by atoms with Crippen molar-refractivity contribution in [3.8, 4) is 0 Å². The molecule has 14 heavy (non-hydrogen) atoms. The lowest BCUT2D eigenvalue weighted by molar-refractivity contribution is 0.359. The molecule has 0 saturated heterocycles. The first-order valence-corrected chi connectivity index (χ1v) is 6.38. The molecule has 2 heteroatoms. The number of thiophene rings is 1. The van der Waals surface area contributed by atoms with Crippen molar-refractivity contribution in [3.63, 3.8) is 0 Å². The zero-order chi connectivity index (χ0) is 10.6. The van der Waals surface area contributed by atoms with E-state index in [0.717, 1.165) is 5.92 Å². The Balaban J connectivity index is 2.86. The molecular formula is C12H21NS. The summed E-state index contributed by atoms with van der Waals surface area (Å²) in [5, 5.41) is 7.98. The highest BCUT2D eigenvalue weighted by atomic mass is 32.1. The first-order chi connectivity index (χ1) is 6.74. The van der Waals surface area contributed by atoms with Crippen LogP contribution in [0.1, 0.15) is 43.9 Å². The molecule has 1 rings (SSSR count). The van der Waals surface area contributed by atoms with Gasteiger partial charge in [-0.25, -0.2) is 0 Å². The molecule has 0 aliphatic heterocycles. The van der Waals surface area contributed by atoms with Crippen molar-refractivity contribution >= 4 is 11.3 Å². The van der Waals surface area contributed by atoms with Crippen LogP contribution in [0, 0.1) is 12.8 Å². The summed E-state index contributed by atoms with van der Waals surface area (Å²) in [6.45, 7) is 6.76. The van der Waals surface area contributed by atoms with Crippen LogP contribution < -0.4 is 5.32 Å². The zero-order valence-corrected chi connectivity index (χ0v) is 10.4. The minimum Gasteiger partial charge on any atom is -0.313 e. The number of aryl methyl sites for hydroxylation is 1. The van der Waals surface area contributed by atoms with Crippen molar-refractivity contribution in [2.24, 2.45) is 5.92 Å². The molecule has 1 aromatic rings. The van der Waals surface area contributed by atoms with Gasteiger partial charge < -0.3 is 5.32 Å². The van der Waals surface area contributed by atoms with Crippen LogP contribution in [-0.2, 0) is 0 Å². The molecular weight excluding hydrogens is 190 g/mol. The third-order valence-electron chi connectivity index (χ3n) is 3.06. The average Bonchev–Trinajstić information content (AvgIpc) is 2.61. The van der Waals surface area contributed by atoms with Crippen LogP contribution in [-0.4, -0.2) is 7.05 Å². The highest BCUT2D eigenvalue weighted by Gasteiger charge is 2.20. The Morgan fingerprint density at radius 2 is 1.93 bits per heavy atom. The van der Waals surface area contributed by atoms with Gasteiger partial charge in [-0.3, -0.25) is 0 Å². The predicted molar refractivity (Wildman–Crippen MR) is 64.9 cm³/mol. The van der Waals surface area contributed by atoms with Crippen LogP contribution in [0.4, 0.5) is 0 Å². The Kier molecular flexibility index (Phi) is 4.63. The van der Waals surface area contributed by atoms with E-state index in [1.165, 1.54) is 24.0 Å². The Hall–Kier alpha value is -0.340. The summed E-state index contributed by atoms with van der Waals surface area (Å²) in [5.74, 6) is 0.758. The molecule has 1 N–H and O–H groups in total. The van der Waals surface area contributed by atoms with Gasteiger partial charge in [-0.05, 0) is 41.8 Å². The highest BCUT2D eigenvalue weighted by Crippen LogP contribution is 2.30. The fourth-order valence-electron chi connectivity index (χ4n) is 2.09. The molecule has 0 aliphatic carbocycles. The number of rotatable bonds is 5. The molecule has 0 fully saturated rings. The SMILES string of the molecule is CCC(CC)C(NC)c1cscc1C. The molecule has 0 spiro atoms. The van der Waals surface area contributed by atoms with Crippen molar-refractivity contribution in [1.82, 2.24) is 5.32 Å². The van der Waals surface area contributed by atoms with Crippen LogP contribution in [0.25, 0.3) is 0 Å². The number of hydrogen-bond acceptors (Lipinski definition) is 2. The predicted octanol–water partition coefficient (Wildman–Crippen LogP) is 3.75. The molecule has 1 heterocycles. The summed E-state index contributed by atoms with van der Waals surface area (Å²) in [4.78, 5) is 0. The first-order valence-electron chi connectivity index (χ1n) is 5.44. The summed E-state index contributed by atoms with van der Waals surface area (Å²) in [7, 11) is 2.07. The molecule has 1 unspecified atom stereocenters. The first kappa shape index (κ1) is 11.7. The molecule has 1 nitrogen and oxygen atoms in total. The standard InChI is InChI=1S/C12H21NS/c1-5-10(6-2)12(13-4)11-8-14-7-9(11)3/h7-8,10,12-13H,5-6H2,1-4H3. The van der Waals surface area contributed by atoms with E-state index < -0.39 is 0 Å². The smallest absolute Gasteiger partial charge is 0.0356 e. The van der Waals surface area contributed by atoms with Crippen LogP contribution in [0.3, 0.4) is 0 Å². The second kappa shape index (κ2) is 5.52. The van der Waals surface area contributed by atoms with E-state index in [1.807, 2.05) is 11.3 Å². The molecule has 0 saturated carbocycles. The average molecular weight is 211 g/mol. The van der Waals surface area contributed by atoms with Crippen LogP contribution in [0.5, 0.6) is 0 Å². The fourth-order valence-corrected chi connectivity index (χ4v) is 2.98. The van der Waals surface area contributed by atoms with Crippen molar-refractivity contribution in [2.45, 2.75) is 39.7 Å². The lowest BCUT2D eigenvalue weighted by atomic mass is 9.89. The van der Waals surface area contributed by atoms with Gasteiger partial charge in [-0.2, -0.15) is 11.3 Å². The van der Waals surface area contributed by atoms with Crippen molar-refractivity contribution in [2.75, 3.05) is 7.05 Å². The molecule has 80 valence electrons. The van der Waals surface area contributed by atoms with Gasteiger partial charge >= 0.3 is 0 Å². The third-order valence-corrected chi connectivity index (χ3v) is 3.94. The lowest BCUT2D eigenvalue weighted by Crippen LogP contribution is -2.24. The number of hydrogen-bond donors (Lipinski definition) is 1. The summed E-state index contributed by atoms with van der Waals surface area (Å²) in [6.07, 6.45) is 2.49. The summed E-state index contributed by atoms with van der Waals surface area (Å²) < 4.78 is 0. The van der Waals surface area contributed by atoms with E-state index in [-0.39, 0.29) is 0 Å². The normalized spacial score (nSPS) is 13.5. The zero-order valence-electron chi connectivity index (χ0n) is 9.63. The van der Waals surface area contributed by atoms with Gasteiger partial charge in [0.05, 0.1) is 0 Å². The van der Waals surface area contributed by atoms with Gasteiger partial charge in [-0.15, -0.1) is 0 Å². The topological polar surface area (TPSA) is 12.0 Å². The van der Waals surface area contributed by atoms with E-state index in [0.29, 0.717) is 6.04 Å². The minimum absolute atomic E-state index is 0.538. The Labute approximate surface area is 91.5 Å². The van der Waals surface area contributed by atoms with Crippen molar-refractivity contribution < 1.29 is 0 Å². The molecule has 0 aromatic carbocycles. The molecule has 0 aliphatic rings. The summed E-state index contributed by atoms with van der Waals surface area (Å²) >= 11 is 1.81. The third kappa shape index (κ3) is 2.37. The molecule has 0 bridgehead atoms. The molecule has 1 aromatic heterocycles.